The molecule has 1 aliphatic rings. The predicted molar refractivity (Wildman–Crippen MR) is 71.2 cm³/mol. The lowest BCUT2D eigenvalue weighted by Gasteiger charge is -2.29. The maximum Gasteiger partial charge on any atom is 0.223 e. The van der Waals surface area contributed by atoms with Gasteiger partial charge in [0.15, 0.2) is 0 Å². The molecule has 1 aliphatic carbocycles. The highest BCUT2D eigenvalue weighted by atomic mass is 32.2. The van der Waals surface area contributed by atoms with Crippen LogP contribution in [-0.4, -0.2) is 47.3 Å². The Hall–Kier alpha value is -0.240. The van der Waals surface area contributed by atoms with Crippen molar-refractivity contribution in [2.24, 2.45) is 5.73 Å². The van der Waals surface area contributed by atoms with Gasteiger partial charge in [-0.25, -0.2) is 8.42 Å². The molecule has 0 amide bonds. The van der Waals surface area contributed by atoms with Gasteiger partial charge in [-0.05, 0) is 19.8 Å². The summed E-state index contributed by atoms with van der Waals surface area (Å²) in [7, 11) is -3.54. The average Bonchev–Trinajstić information content (AvgIpc) is 2.77. The quantitative estimate of drug-likeness (QED) is 0.680. The molecule has 1 rings (SSSR count). The molecule has 17 heavy (non-hydrogen) atoms. The van der Waals surface area contributed by atoms with Crippen LogP contribution in [0.3, 0.4) is 0 Å². The summed E-state index contributed by atoms with van der Waals surface area (Å²) in [6, 6.07) is -0.0102. The third-order valence-electron chi connectivity index (χ3n) is 3.23. The second kappa shape index (κ2) is 6.08. The number of aliphatic hydroxyl groups excluding tert-OH is 1. The highest BCUT2D eigenvalue weighted by Crippen LogP contribution is 2.26. The zero-order valence-electron chi connectivity index (χ0n) is 10.0. The topological polar surface area (TPSA) is 83.6 Å². The summed E-state index contributed by atoms with van der Waals surface area (Å²) < 4.78 is 26.0. The van der Waals surface area contributed by atoms with Crippen LogP contribution < -0.4 is 5.73 Å². The smallest absolute Gasteiger partial charge is 0.223 e. The van der Waals surface area contributed by atoms with Crippen molar-refractivity contribution in [3.8, 4) is 0 Å². The highest BCUT2D eigenvalue weighted by molar-refractivity contribution is 7.92. The van der Waals surface area contributed by atoms with E-state index in [1.165, 1.54) is 11.2 Å². The van der Waals surface area contributed by atoms with Gasteiger partial charge in [0, 0.05) is 12.6 Å². The number of sulfonamides is 1. The maximum absolute atomic E-state index is 12.3. The van der Waals surface area contributed by atoms with Gasteiger partial charge in [0.2, 0.25) is 10.0 Å². The normalized spacial score (nSPS) is 19.7. The van der Waals surface area contributed by atoms with Crippen molar-refractivity contribution in [2.45, 2.75) is 43.9 Å². The average molecular weight is 280 g/mol. The molecule has 0 bridgehead atoms. The number of hydrogen-bond acceptors (Lipinski definition) is 4. The number of rotatable bonds is 6. The Labute approximate surface area is 108 Å². The number of hydrogen-bond donors (Lipinski definition) is 2. The van der Waals surface area contributed by atoms with E-state index in [-0.39, 0.29) is 24.2 Å². The molecule has 1 atom stereocenters. The largest absolute Gasteiger partial charge is 0.395 e. The van der Waals surface area contributed by atoms with E-state index in [4.69, 9.17) is 23.1 Å². The summed E-state index contributed by atoms with van der Waals surface area (Å²) in [6.07, 6.45) is 3.76. The summed E-state index contributed by atoms with van der Waals surface area (Å²) in [5.41, 5.74) is 5.42. The zero-order chi connectivity index (χ0) is 13.1. The molecule has 0 heterocycles. The summed E-state index contributed by atoms with van der Waals surface area (Å²) >= 11 is 4.75. The SMILES string of the molecule is CC(C(N)=S)S(=O)(=O)N(CCO)C1CCCC1. The van der Waals surface area contributed by atoms with E-state index < -0.39 is 15.3 Å². The second-order valence-electron chi connectivity index (χ2n) is 4.36. The number of thiocarbonyl (C=S) groups is 1. The molecule has 7 heteroatoms. The minimum absolute atomic E-state index is 0.0102. The van der Waals surface area contributed by atoms with Gasteiger partial charge < -0.3 is 10.8 Å². The molecule has 100 valence electrons. The first-order valence-electron chi connectivity index (χ1n) is 5.82. The molecule has 1 unspecified atom stereocenters. The van der Waals surface area contributed by atoms with Crippen LogP contribution in [0.25, 0.3) is 0 Å². The first kappa shape index (κ1) is 14.8. The predicted octanol–water partition coefficient (Wildman–Crippen LogP) is 0.228. The molecule has 3 N–H and O–H groups in total. The van der Waals surface area contributed by atoms with Gasteiger partial charge in [0.25, 0.3) is 0 Å². The van der Waals surface area contributed by atoms with Crippen LogP contribution in [0.5, 0.6) is 0 Å². The molecule has 1 saturated carbocycles. The van der Waals surface area contributed by atoms with Crippen LogP contribution in [0.2, 0.25) is 0 Å². The van der Waals surface area contributed by atoms with Crippen LogP contribution in [0.15, 0.2) is 0 Å². The minimum Gasteiger partial charge on any atom is -0.395 e. The van der Waals surface area contributed by atoms with Gasteiger partial charge in [0.1, 0.15) is 5.25 Å². The van der Waals surface area contributed by atoms with E-state index in [0.29, 0.717) is 0 Å². The number of nitrogens with two attached hydrogens (primary N) is 1. The first-order chi connectivity index (χ1) is 7.91. The van der Waals surface area contributed by atoms with Crippen LogP contribution >= 0.6 is 12.2 Å². The molecular weight excluding hydrogens is 260 g/mol. The van der Waals surface area contributed by atoms with E-state index in [1.807, 2.05) is 0 Å². The van der Waals surface area contributed by atoms with E-state index in [0.717, 1.165) is 25.7 Å². The van der Waals surface area contributed by atoms with Crippen LogP contribution in [0.1, 0.15) is 32.6 Å². The third-order valence-corrected chi connectivity index (χ3v) is 6.01. The van der Waals surface area contributed by atoms with Crippen molar-refractivity contribution < 1.29 is 13.5 Å². The molecule has 5 nitrogen and oxygen atoms in total. The van der Waals surface area contributed by atoms with E-state index in [9.17, 15) is 8.42 Å². The van der Waals surface area contributed by atoms with Crippen molar-refractivity contribution in [1.82, 2.24) is 4.31 Å². The van der Waals surface area contributed by atoms with Gasteiger partial charge >= 0.3 is 0 Å². The Bertz CT molecular complexity index is 364. The Kier molecular flexibility index (Phi) is 5.30. The van der Waals surface area contributed by atoms with Crippen molar-refractivity contribution >= 4 is 27.2 Å². The van der Waals surface area contributed by atoms with Crippen molar-refractivity contribution in [3.05, 3.63) is 0 Å². The molecule has 0 radical (unpaired) electrons. The molecule has 0 aromatic rings. The molecule has 0 aliphatic heterocycles. The van der Waals surface area contributed by atoms with Crippen LogP contribution in [0, 0.1) is 0 Å². The number of nitrogens with zero attached hydrogens (tertiary/aromatic N) is 1. The van der Waals surface area contributed by atoms with Crippen molar-refractivity contribution in [3.63, 3.8) is 0 Å². The number of aliphatic hydroxyl groups is 1. The Morgan fingerprint density at radius 1 is 1.53 bits per heavy atom. The molecular formula is C10H20N2O3S2. The lowest BCUT2D eigenvalue weighted by Crippen LogP contribution is -2.48. The summed E-state index contributed by atoms with van der Waals surface area (Å²) in [5, 5.41) is 8.14. The molecule has 1 fully saturated rings. The molecule has 0 aromatic carbocycles. The van der Waals surface area contributed by atoms with Gasteiger partial charge in [-0.2, -0.15) is 4.31 Å². The van der Waals surface area contributed by atoms with Gasteiger partial charge in [-0.3, -0.25) is 0 Å². The van der Waals surface area contributed by atoms with Gasteiger partial charge in [-0.1, -0.05) is 25.1 Å². The first-order valence-corrected chi connectivity index (χ1v) is 7.73. The van der Waals surface area contributed by atoms with E-state index in [1.54, 1.807) is 0 Å². The summed E-state index contributed by atoms with van der Waals surface area (Å²) in [4.78, 5) is -0.0223. The van der Waals surface area contributed by atoms with Crippen molar-refractivity contribution in [2.75, 3.05) is 13.2 Å². The lowest BCUT2D eigenvalue weighted by molar-refractivity contribution is 0.226. The fraction of sp³-hybridized carbons (Fsp3) is 0.900. The van der Waals surface area contributed by atoms with Crippen LogP contribution in [-0.2, 0) is 10.0 Å². The van der Waals surface area contributed by atoms with Crippen molar-refractivity contribution in [1.29, 1.82) is 0 Å². The minimum atomic E-state index is -3.54. The Balaban J connectivity index is 2.92. The Morgan fingerprint density at radius 2 is 2.06 bits per heavy atom. The standard InChI is InChI=1S/C10H20N2O3S2/c1-8(10(11)16)17(14,15)12(6-7-13)9-4-2-3-5-9/h8-9,13H,2-7H2,1H3,(H2,11,16). The Morgan fingerprint density at radius 3 is 2.47 bits per heavy atom. The fourth-order valence-corrected chi connectivity index (χ4v) is 4.19. The highest BCUT2D eigenvalue weighted by Gasteiger charge is 2.36. The molecule has 0 spiro atoms. The zero-order valence-corrected chi connectivity index (χ0v) is 11.6. The molecule has 0 aromatic heterocycles. The third kappa shape index (κ3) is 3.37. The monoisotopic (exact) mass is 280 g/mol. The van der Waals surface area contributed by atoms with Gasteiger partial charge in [-0.15, -0.1) is 0 Å². The summed E-state index contributed by atoms with van der Waals surface area (Å²) in [5.74, 6) is 0. The van der Waals surface area contributed by atoms with Gasteiger partial charge in [0.05, 0.1) is 11.6 Å². The van der Waals surface area contributed by atoms with E-state index in [2.05, 4.69) is 0 Å². The van der Waals surface area contributed by atoms with E-state index >= 15 is 0 Å². The summed E-state index contributed by atoms with van der Waals surface area (Å²) in [6.45, 7) is 1.44. The fourth-order valence-electron chi connectivity index (χ4n) is 2.16. The second-order valence-corrected chi connectivity index (χ2v) is 7.04. The lowest BCUT2D eigenvalue weighted by atomic mass is 10.2. The maximum atomic E-state index is 12.3. The van der Waals surface area contributed by atoms with Crippen LogP contribution in [0.4, 0.5) is 0 Å². The molecule has 0 saturated heterocycles.